The van der Waals surface area contributed by atoms with Crippen LogP contribution in [0, 0.1) is 13.8 Å². The number of aryl methyl sites for hydroxylation is 1. The Morgan fingerprint density at radius 3 is 2.20 bits per heavy atom. The highest BCUT2D eigenvalue weighted by molar-refractivity contribution is 9.10. The second-order valence-corrected chi connectivity index (χ2v) is 14.6. The molecule has 2 amide bonds. The van der Waals surface area contributed by atoms with Gasteiger partial charge in [0, 0.05) is 28.5 Å². The lowest BCUT2D eigenvalue weighted by Crippen LogP contribution is -2.54. The number of halogens is 2. The van der Waals surface area contributed by atoms with Crippen LogP contribution in [0.1, 0.15) is 42.5 Å². The van der Waals surface area contributed by atoms with E-state index in [9.17, 15) is 18.0 Å². The van der Waals surface area contributed by atoms with Gasteiger partial charge in [0.15, 0.2) is 0 Å². The first kappa shape index (κ1) is 35.2. The first-order valence-electron chi connectivity index (χ1n) is 15.1. The number of carbonyl (C=O) groups excluding carboxylic acids is 2. The molecule has 242 valence electrons. The van der Waals surface area contributed by atoms with Crippen molar-refractivity contribution >= 4 is 55.1 Å². The second-order valence-electron chi connectivity index (χ2n) is 11.4. The van der Waals surface area contributed by atoms with Crippen molar-refractivity contribution < 1.29 is 18.0 Å². The van der Waals surface area contributed by atoms with Crippen molar-refractivity contribution in [2.45, 2.75) is 64.1 Å². The summed E-state index contributed by atoms with van der Waals surface area (Å²) in [5.74, 6) is -0.844. The first-order valence-corrected chi connectivity index (χ1v) is 17.7. The highest BCUT2D eigenvalue weighted by Gasteiger charge is 2.35. The predicted octanol–water partition coefficient (Wildman–Crippen LogP) is 7.47. The van der Waals surface area contributed by atoms with Crippen molar-refractivity contribution in [3.05, 3.63) is 129 Å². The van der Waals surface area contributed by atoms with Gasteiger partial charge in [0.1, 0.15) is 12.6 Å². The maximum Gasteiger partial charge on any atom is 0.264 e. The lowest BCUT2D eigenvalue weighted by Gasteiger charge is -2.34. The third-order valence-electron chi connectivity index (χ3n) is 7.91. The van der Waals surface area contributed by atoms with Gasteiger partial charge in [-0.2, -0.15) is 0 Å². The van der Waals surface area contributed by atoms with Gasteiger partial charge in [0.2, 0.25) is 11.8 Å². The SMILES string of the molecule is CC[C@H](C)NC(=O)[C@@H](Cc1ccccc1)N(Cc1cccc(Br)c1)C(=O)CN(c1cccc(Cl)c1C)S(=O)(=O)c1ccc(C)cc1. The fraction of sp³-hybridized carbons (Fsp3) is 0.278. The Labute approximate surface area is 285 Å². The van der Waals surface area contributed by atoms with Crippen molar-refractivity contribution in [3.63, 3.8) is 0 Å². The van der Waals surface area contributed by atoms with E-state index in [0.29, 0.717) is 17.0 Å². The number of hydrogen-bond acceptors (Lipinski definition) is 4. The zero-order valence-corrected chi connectivity index (χ0v) is 29.6. The molecule has 0 aromatic heterocycles. The second kappa shape index (κ2) is 15.8. The van der Waals surface area contributed by atoms with Crippen molar-refractivity contribution in [2.75, 3.05) is 10.8 Å². The van der Waals surface area contributed by atoms with Crippen LogP contribution in [-0.4, -0.2) is 43.8 Å². The molecule has 4 aromatic carbocycles. The molecule has 0 unspecified atom stereocenters. The van der Waals surface area contributed by atoms with Gasteiger partial charge in [-0.15, -0.1) is 0 Å². The molecular formula is C36H39BrClN3O4S. The van der Waals surface area contributed by atoms with Gasteiger partial charge in [-0.05, 0) is 80.3 Å². The van der Waals surface area contributed by atoms with Gasteiger partial charge in [0.05, 0.1) is 10.6 Å². The van der Waals surface area contributed by atoms with Crippen LogP contribution in [0.3, 0.4) is 0 Å². The van der Waals surface area contributed by atoms with Crippen LogP contribution in [-0.2, 0) is 32.6 Å². The Morgan fingerprint density at radius 2 is 1.54 bits per heavy atom. The van der Waals surface area contributed by atoms with Gasteiger partial charge in [0.25, 0.3) is 10.0 Å². The molecule has 0 bridgehead atoms. The van der Waals surface area contributed by atoms with Crippen molar-refractivity contribution in [3.8, 4) is 0 Å². The van der Waals surface area contributed by atoms with Gasteiger partial charge < -0.3 is 10.2 Å². The molecule has 0 fully saturated rings. The maximum atomic E-state index is 14.6. The Morgan fingerprint density at radius 1 is 0.891 bits per heavy atom. The van der Waals surface area contributed by atoms with E-state index in [1.807, 2.05) is 75.4 Å². The summed E-state index contributed by atoms with van der Waals surface area (Å²) in [6.07, 6.45) is 0.948. The fourth-order valence-electron chi connectivity index (χ4n) is 5.04. The molecule has 4 aromatic rings. The summed E-state index contributed by atoms with van der Waals surface area (Å²) in [4.78, 5) is 30.1. The van der Waals surface area contributed by atoms with E-state index in [1.54, 1.807) is 37.3 Å². The molecule has 0 saturated carbocycles. The summed E-state index contributed by atoms with van der Waals surface area (Å²) in [5, 5.41) is 3.42. The van der Waals surface area contributed by atoms with Crippen LogP contribution in [0.4, 0.5) is 5.69 Å². The molecule has 0 aliphatic rings. The summed E-state index contributed by atoms with van der Waals surface area (Å²) < 4.78 is 30.5. The highest BCUT2D eigenvalue weighted by Crippen LogP contribution is 2.31. The lowest BCUT2D eigenvalue weighted by molar-refractivity contribution is -0.140. The summed E-state index contributed by atoms with van der Waals surface area (Å²) in [7, 11) is -4.23. The highest BCUT2D eigenvalue weighted by atomic mass is 79.9. The summed E-state index contributed by atoms with van der Waals surface area (Å²) in [5.41, 5.74) is 3.35. The van der Waals surface area contributed by atoms with Gasteiger partial charge in [-0.25, -0.2) is 8.42 Å². The number of rotatable bonds is 13. The van der Waals surface area contributed by atoms with Crippen LogP contribution in [0.2, 0.25) is 5.02 Å². The topological polar surface area (TPSA) is 86.8 Å². The average molecular weight is 725 g/mol. The predicted molar refractivity (Wildman–Crippen MR) is 188 cm³/mol. The number of anilines is 1. The van der Waals surface area contributed by atoms with Crippen molar-refractivity contribution in [2.24, 2.45) is 0 Å². The Bertz CT molecular complexity index is 1770. The minimum atomic E-state index is -4.23. The van der Waals surface area contributed by atoms with E-state index in [4.69, 9.17) is 11.6 Å². The van der Waals surface area contributed by atoms with Crippen molar-refractivity contribution in [1.82, 2.24) is 10.2 Å². The largest absolute Gasteiger partial charge is 0.352 e. The number of benzene rings is 4. The lowest BCUT2D eigenvalue weighted by atomic mass is 10.0. The Balaban J connectivity index is 1.84. The molecule has 0 radical (unpaired) electrons. The molecule has 0 heterocycles. The third kappa shape index (κ3) is 8.78. The average Bonchev–Trinajstić information content (AvgIpc) is 3.03. The molecule has 0 saturated heterocycles. The van der Waals surface area contributed by atoms with Crippen LogP contribution in [0.25, 0.3) is 0 Å². The van der Waals surface area contributed by atoms with E-state index in [1.165, 1.54) is 17.0 Å². The van der Waals surface area contributed by atoms with Crippen LogP contribution >= 0.6 is 27.5 Å². The fourth-order valence-corrected chi connectivity index (χ4v) is 7.13. The molecule has 1 N–H and O–H groups in total. The maximum absolute atomic E-state index is 14.6. The third-order valence-corrected chi connectivity index (χ3v) is 10.6. The number of nitrogens with zero attached hydrogens (tertiary/aromatic N) is 2. The van der Waals surface area contributed by atoms with E-state index < -0.39 is 28.5 Å². The Kier molecular flexibility index (Phi) is 12.1. The molecule has 46 heavy (non-hydrogen) atoms. The van der Waals surface area contributed by atoms with Gasteiger partial charge >= 0.3 is 0 Å². The molecule has 0 aliphatic heterocycles. The number of hydrogen-bond donors (Lipinski definition) is 1. The van der Waals surface area contributed by atoms with Crippen LogP contribution in [0.15, 0.2) is 106 Å². The summed E-state index contributed by atoms with van der Waals surface area (Å²) >= 11 is 9.98. The normalized spacial score (nSPS) is 12.7. The van der Waals surface area contributed by atoms with Crippen LogP contribution < -0.4 is 9.62 Å². The minimum Gasteiger partial charge on any atom is -0.352 e. The quantitative estimate of drug-likeness (QED) is 0.155. The van der Waals surface area contributed by atoms with Crippen molar-refractivity contribution in [1.29, 1.82) is 0 Å². The monoisotopic (exact) mass is 723 g/mol. The number of carbonyl (C=O) groups is 2. The standard InChI is InChI=1S/C36H39BrClN3O4S/c1-5-26(3)39-36(43)34(22-28-11-7-6-8-12-28)40(23-29-13-9-14-30(37)21-29)35(42)24-41(33-16-10-15-32(38)27(33)4)46(44,45)31-19-17-25(2)18-20-31/h6-21,26,34H,5,22-24H2,1-4H3,(H,39,43)/t26-,34+/m0/s1. The molecule has 4 rings (SSSR count). The molecule has 0 spiro atoms. The number of amides is 2. The zero-order valence-electron chi connectivity index (χ0n) is 26.4. The van der Waals surface area contributed by atoms with E-state index in [-0.39, 0.29) is 35.5 Å². The molecule has 0 aliphatic carbocycles. The zero-order chi connectivity index (χ0) is 33.4. The van der Waals surface area contributed by atoms with Crippen LogP contribution in [0.5, 0.6) is 0 Å². The van der Waals surface area contributed by atoms with E-state index in [0.717, 1.165) is 25.5 Å². The number of nitrogens with one attached hydrogen (secondary N) is 1. The first-order chi connectivity index (χ1) is 21.9. The Hall–Kier alpha value is -3.66. The molecule has 10 heteroatoms. The molecular weight excluding hydrogens is 686 g/mol. The molecule has 2 atom stereocenters. The van der Waals surface area contributed by atoms with Gasteiger partial charge in [-0.3, -0.25) is 13.9 Å². The number of sulfonamides is 1. The molecule has 7 nitrogen and oxygen atoms in total. The smallest absolute Gasteiger partial charge is 0.264 e. The summed E-state index contributed by atoms with van der Waals surface area (Å²) in [6.45, 7) is 7.01. The minimum absolute atomic E-state index is 0.0409. The van der Waals surface area contributed by atoms with E-state index in [2.05, 4.69) is 21.2 Å². The summed E-state index contributed by atoms with van der Waals surface area (Å²) in [6, 6.07) is 27.4. The van der Waals surface area contributed by atoms with Gasteiger partial charge in [-0.1, -0.05) is 101 Å². The van der Waals surface area contributed by atoms with E-state index >= 15 is 0 Å².